The number of nitrogens with one attached hydrogen (secondary N) is 1. The second kappa shape index (κ2) is 8.66. The molecule has 0 aliphatic carbocycles. The number of hydrogen-bond donors (Lipinski definition) is 1. The van der Waals surface area contributed by atoms with Gasteiger partial charge in [-0.1, -0.05) is 11.8 Å². The van der Waals surface area contributed by atoms with E-state index in [4.69, 9.17) is 0 Å². The number of sulfonamides is 1. The first kappa shape index (κ1) is 22.1. The number of hydrogen-bond acceptors (Lipinski definition) is 5. The van der Waals surface area contributed by atoms with E-state index in [0.29, 0.717) is 15.9 Å². The Labute approximate surface area is 177 Å². The molecule has 1 heterocycles. The van der Waals surface area contributed by atoms with Crippen molar-refractivity contribution >= 4 is 44.3 Å². The molecule has 1 amide bonds. The number of carbonyl (C=O) groups is 1. The summed E-state index contributed by atoms with van der Waals surface area (Å²) >= 11 is 1.16. The van der Waals surface area contributed by atoms with E-state index < -0.39 is 27.6 Å². The van der Waals surface area contributed by atoms with Crippen LogP contribution in [0.1, 0.15) is 5.56 Å². The van der Waals surface area contributed by atoms with Crippen LogP contribution in [0.3, 0.4) is 0 Å². The normalized spacial score (nSPS) is 11.8. The third-order valence-electron chi connectivity index (χ3n) is 4.24. The molecule has 0 aliphatic heterocycles. The maximum Gasteiger partial charge on any atom is 0.242 e. The zero-order chi connectivity index (χ0) is 22.1. The van der Waals surface area contributed by atoms with Crippen LogP contribution in [0, 0.1) is 18.6 Å². The summed E-state index contributed by atoms with van der Waals surface area (Å²) < 4.78 is 52.3. The van der Waals surface area contributed by atoms with Crippen LogP contribution in [-0.4, -0.2) is 43.5 Å². The molecular weight excluding hydrogens is 432 g/mol. The number of aryl methyl sites for hydroxylation is 1. The second-order valence-electron chi connectivity index (χ2n) is 6.74. The maximum atomic E-state index is 13.2. The van der Waals surface area contributed by atoms with Gasteiger partial charge in [0, 0.05) is 31.2 Å². The fraction of sp³-hybridized carbons (Fsp3) is 0.200. The number of aromatic nitrogens is 1. The third-order valence-corrected chi connectivity index (χ3v) is 6.96. The summed E-state index contributed by atoms with van der Waals surface area (Å²) in [5, 5.41) is 3.71. The minimum atomic E-state index is -3.56. The van der Waals surface area contributed by atoms with E-state index in [9.17, 15) is 22.0 Å². The molecule has 0 saturated heterocycles. The van der Waals surface area contributed by atoms with E-state index >= 15 is 0 Å². The van der Waals surface area contributed by atoms with Crippen LogP contribution >= 0.6 is 11.8 Å². The fourth-order valence-electron chi connectivity index (χ4n) is 2.75. The van der Waals surface area contributed by atoms with E-state index in [1.807, 2.05) is 6.92 Å². The summed E-state index contributed by atoms with van der Waals surface area (Å²) in [4.78, 5) is 16.7. The summed E-state index contributed by atoms with van der Waals surface area (Å²) in [6, 6.07) is 9.23. The summed E-state index contributed by atoms with van der Waals surface area (Å²) in [6.45, 7) is 1.83. The number of carbonyl (C=O) groups excluding carboxylic acids is 1. The molecule has 0 fully saturated rings. The molecule has 1 aromatic heterocycles. The predicted octanol–water partition coefficient (Wildman–Crippen LogP) is 3.80. The average Bonchev–Trinajstić information content (AvgIpc) is 2.65. The van der Waals surface area contributed by atoms with Crippen molar-refractivity contribution < 1.29 is 22.0 Å². The largest absolute Gasteiger partial charge is 0.325 e. The van der Waals surface area contributed by atoms with Gasteiger partial charge in [0.1, 0.15) is 11.6 Å². The first-order valence-corrected chi connectivity index (χ1v) is 11.2. The van der Waals surface area contributed by atoms with E-state index in [0.717, 1.165) is 39.8 Å². The first-order valence-electron chi connectivity index (χ1n) is 8.79. The van der Waals surface area contributed by atoms with Gasteiger partial charge >= 0.3 is 0 Å². The Morgan fingerprint density at radius 2 is 1.77 bits per heavy atom. The molecule has 0 spiro atoms. The Morgan fingerprint density at radius 3 is 2.40 bits per heavy atom. The van der Waals surface area contributed by atoms with Crippen LogP contribution in [0.2, 0.25) is 0 Å². The van der Waals surface area contributed by atoms with Crippen LogP contribution in [0.25, 0.3) is 10.9 Å². The van der Waals surface area contributed by atoms with Crippen molar-refractivity contribution in [2.45, 2.75) is 16.8 Å². The molecule has 2 aromatic carbocycles. The highest BCUT2D eigenvalue weighted by molar-refractivity contribution is 7.99. The summed E-state index contributed by atoms with van der Waals surface area (Å²) in [5.74, 6) is -2.00. The Morgan fingerprint density at radius 1 is 1.10 bits per heavy atom. The van der Waals surface area contributed by atoms with Crippen LogP contribution in [0.15, 0.2) is 52.4 Å². The highest BCUT2D eigenvalue weighted by Crippen LogP contribution is 2.27. The number of rotatable bonds is 6. The molecule has 6 nitrogen and oxygen atoms in total. The van der Waals surface area contributed by atoms with Gasteiger partial charge in [-0.05, 0) is 48.9 Å². The van der Waals surface area contributed by atoms with Gasteiger partial charge in [-0.25, -0.2) is 26.5 Å². The monoisotopic (exact) mass is 451 g/mol. The number of halogens is 2. The molecule has 3 aromatic rings. The second-order valence-corrected chi connectivity index (χ2v) is 9.89. The van der Waals surface area contributed by atoms with Crippen molar-refractivity contribution in [2.75, 3.05) is 25.2 Å². The Bertz CT molecular complexity index is 1210. The zero-order valence-electron chi connectivity index (χ0n) is 16.4. The predicted molar refractivity (Wildman–Crippen MR) is 113 cm³/mol. The lowest BCUT2D eigenvalue weighted by Gasteiger charge is -2.13. The zero-order valence-corrected chi connectivity index (χ0v) is 18.1. The lowest BCUT2D eigenvalue weighted by atomic mass is 10.1. The summed E-state index contributed by atoms with van der Waals surface area (Å²) in [6.07, 6.45) is 0. The van der Waals surface area contributed by atoms with Gasteiger partial charge in [-0.3, -0.25) is 4.79 Å². The molecule has 0 radical (unpaired) electrons. The Balaban J connectivity index is 1.76. The molecule has 0 saturated carbocycles. The van der Waals surface area contributed by atoms with Crippen LogP contribution < -0.4 is 5.32 Å². The topological polar surface area (TPSA) is 79.4 Å². The highest BCUT2D eigenvalue weighted by atomic mass is 32.2. The van der Waals surface area contributed by atoms with Gasteiger partial charge < -0.3 is 5.32 Å². The molecule has 10 heteroatoms. The standard InChI is InChI=1S/C20H19F2N3O3S2/c1-12-6-20(29-11-19(26)23-15-8-13(21)7-14(22)9-15)24-18-5-4-16(10-17(12)18)30(27,28)25(2)3/h4-10H,11H2,1-3H3,(H,23,26). The first-order chi connectivity index (χ1) is 14.1. The number of anilines is 1. The molecular formula is C20H19F2N3O3S2. The molecule has 30 heavy (non-hydrogen) atoms. The molecule has 0 unspecified atom stereocenters. The number of pyridine rings is 1. The average molecular weight is 452 g/mol. The number of nitrogens with zero attached hydrogens (tertiary/aromatic N) is 2. The minimum absolute atomic E-state index is 0.0107. The molecule has 0 bridgehead atoms. The van der Waals surface area contributed by atoms with Crippen LogP contribution in [0.5, 0.6) is 0 Å². The fourth-order valence-corrected chi connectivity index (χ4v) is 4.45. The number of benzene rings is 2. The van der Waals surface area contributed by atoms with Crippen molar-refractivity contribution in [1.82, 2.24) is 9.29 Å². The quantitative estimate of drug-likeness (QED) is 0.577. The molecule has 3 rings (SSSR count). The van der Waals surface area contributed by atoms with Gasteiger partial charge in [0.2, 0.25) is 15.9 Å². The smallest absolute Gasteiger partial charge is 0.242 e. The van der Waals surface area contributed by atoms with Gasteiger partial charge in [0.05, 0.1) is 21.2 Å². The van der Waals surface area contributed by atoms with E-state index in [1.54, 1.807) is 18.2 Å². The van der Waals surface area contributed by atoms with Crippen LogP contribution in [-0.2, 0) is 14.8 Å². The highest BCUT2D eigenvalue weighted by Gasteiger charge is 2.18. The van der Waals surface area contributed by atoms with E-state index in [2.05, 4.69) is 10.3 Å². The Hall–Kier alpha value is -2.56. The number of thioether (sulfide) groups is 1. The molecule has 0 aliphatic rings. The number of fused-ring (bicyclic) bond motifs is 1. The van der Waals surface area contributed by atoms with Gasteiger partial charge in [0.15, 0.2) is 0 Å². The van der Waals surface area contributed by atoms with E-state index in [1.165, 1.54) is 20.2 Å². The Kier molecular flexibility index (Phi) is 6.39. The molecule has 0 atom stereocenters. The lowest BCUT2D eigenvalue weighted by Crippen LogP contribution is -2.22. The van der Waals surface area contributed by atoms with Crippen molar-refractivity contribution in [1.29, 1.82) is 0 Å². The minimum Gasteiger partial charge on any atom is -0.325 e. The lowest BCUT2D eigenvalue weighted by molar-refractivity contribution is -0.113. The SMILES string of the molecule is Cc1cc(SCC(=O)Nc2cc(F)cc(F)c2)nc2ccc(S(=O)(=O)N(C)C)cc12. The summed E-state index contributed by atoms with van der Waals surface area (Å²) in [5.41, 5.74) is 1.45. The van der Waals surface area contributed by atoms with Gasteiger partial charge in [-0.2, -0.15) is 0 Å². The van der Waals surface area contributed by atoms with Crippen molar-refractivity contribution in [2.24, 2.45) is 0 Å². The molecule has 158 valence electrons. The maximum absolute atomic E-state index is 13.2. The van der Waals surface area contributed by atoms with Gasteiger partial charge in [0.25, 0.3) is 0 Å². The van der Waals surface area contributed by atoms with Gasteiger partial charge in [-0.15, -0.1) is 0 Å². The van der Waals surface area contributed by atoms with Crippen LogP contribution in [0.4, 0.5) is 14.5 Å². The molecule has 1 N–H and O–H groups in total. The van der Waals surface area contributed by atoms with Crippen molar-refractivity contribution in [3.8, 4) is 0 Å². The van der Waals surface area contributed by atoms with E-state index in [-0.39, 0.29) is 16.3 Å². The van der Waals surface area contributed by atoms with Crippen molar-refractivity contribution in [3.63, 3.8) is 0 Å². The summed E-state index contributed by atoms with van der Waals surface area (Å²) in [7, 11) is -0.627. The number of amides is 1. The third kappa shape index (κ3) is 4.94. The van der Waals surface area contributed by atoms with Crippen molar-refractivity contribution in [3.05, 3.63) is 59.7 Å².